The van der Waals surface area contributed by atoms with E-state index in [4.69, 9.17) is 23.2 Å². The van der Waals surface area contributed by atoms with Gasteiger partial charge in [-0.2, -0.15) is 4.40 Å². The Morgan fingerprint density at radius 2 is 1.77 bits per heavy atom. The molecule has 0 aliphatic heterocycles. The molecule has 0 aromatic heterocycles. The minimum Gasteiger partial charge on any atom is -0.234 e. The summed E-state index contributed by atoms with van der Waals surface area (Å²) in [7, 11) is -1.24. The quantitative estimate of drug-likeness (QED) is 0.633. The van der Waals surface area contributed by atoms with Crippen LogP contribution in [0.1, 0.15) is 58.4 Å². The number of rotatable bonds is 3. The molecule has 1 aliphatic carbocycles. The van der Waals surface area contributed by atoms with Gasteiger partial charge in [-0.25, -0.2) is 4.21 Å². The second-order valence-electron chi connectivity index (χ2n) is 6.94. The minimum atomic E-state index is -1.24. The number of hydrogen-bond donors (Lipinski definition) is 0. The number of nitrogens with zero attached hydrogens (tertiary/aromatic N) is 1. The number of hydrogen-bond acceptors (Lipinski definition) is 1. The molecule has 22 heavy (non-hydrogen) atoms. The average molecular weight is 360 g/mol. The van der Waals surface area contributed by atoms with Crippen molar-refractivity contribution in [2.45, 2.75) is 63.0 Å². The highest BCUT2D eigenvalue weighted by atomic mass is 35.5. The van der Waals surface area contributed by atoms with Gasteiger partial charge in [0.1, 0.15) is 11.0 Å². The van der Waals surface area contributed by atoms with E-state index in [1.54, 1.807) is 0 Å². The number of halogens is 2. The highest BCUT2D eigenvalue weighted by molar-refractivity contribution is 7.85. The normalized spacial score (nSPS) is 20.2. The van der Waals surface area contributed by atoms with Gasteiger partial charge in [0.05, 0.1) is 14.8 Å². The van der Waals surface area contributed by atoms with Gasteiger partial charge in [-0.05, 0) is 51.3 Å². The van der Waals surface area contributed by atoms with E-state index in [2.05, 4.69) is 4.40 Å². The van der Waals surface area contributed by atoms with Crippen LogP contribution in [0.25, 0.3) is 0 Å². The average Bonchev–Trinajstić information content (AvgIpc) is 2.47. The summed E-state index contributed by atoms with van der Waals surface area (Å²) < 4.78 is 16.3. The highest BCUT2D eigenvalue weighted by Gasteiger charge is 2.33. The van der Waals surface area contributed by atoms with Crippen molar-refractivity contribution in [3.8, 4) is 0 Å². The van der Waals surface area contributed by atoms with Gasteiger partial charge in [0, 0.05) is 11.6 Å². The van der Waals surface area contributed by atoms with Crippen molar-refractivity contribution < 1.29 is 4.21 Å². The second kappa shape index (κ2) is 7.02. The summed E-state index contributed by atoms with van der Waals surface area (Å²) >= 11 is 12.2. The largest absolute Gasteiger partial charge is 0.234 e. The standard InChI is InChI=1S/C17H23Cl2NOS/c1-16(2,3)22(21)20-12-17(9-5-4-6-10-17)13-7-8-14(18)15(19)11-13/h7-8,11-12H,4-6,9-10H2,1-3H3. The third kappa shape index (κ3) is 4.12. The molecule has 0 amide bonds. The van der Waals surface area contributed by atoms with E-state index >= 15 is 0 Å². The van der Waals surface area contributed by atoms with E-state index < -0.39 is 11.0 Å². The molecular weight excluding hydrogens is 337 g/mol. The van der Waals surface area contributed by atoms with Crippen LogP contribution in [0.2, 0.25) is 10.0 Å². The molecule has 1 fully saturated rings. The summed E-state index contributed by atoms with van der Waals surface area (Å²) in [5.74, 6) is 0. The molecule has 5 heteroatoms. The van der Waals surface area contributed by atoms with E-state index in [0.717, 1.165) is 31.2 Å². The summed E-state index contributed by atoms with van der Waals surface area (Å²) in [4.78, 5) is 0. The molecule has 1 aliphatic rings. The topological polar surface area (TPSA) is 29.4 Å². The molecule has 2 rings (SSSR count). The fraction of sp³-hybridized carbons (Fsp3) is 0.588. The van der Waals surface area contributed by atoms with Gasteiger partial charge < -0.3 is 0 Å². The SMILES string of the molecule is CC(C)(C)S(=O)N=CC1(c2ccc(Cl)c(Cl)c2)CCCCC1. The maximum atomic E-state index is 12.3. The number of benzene rings is 1. The first-order valence-corrected chi connectivity index (χ1v) is 9.54. The molecule has 1 aromatic carbocycles. The van der Waals surface area contributed by atoms with Crippen molar-refractivity contribution in [2.75, 3.05) is 0 Å². The van der Waals surface area contributed by atoms with Crippen molar-refractivity contribution in [3.05, 3.63) is 33.8 Å². The second-order valence-corrected chi connectivity index (χ2v) is 9.69. The molecular formula is C17H23Cl2NOS. The Morgan fingerprint density at radius 3 is 2.32 bits per heavy atom. The molecule has 0 N–H and O–H groups in total. The van der Waals surface area contributed by atoms with Gasteiger partial charge in [0.15, 0.2) is 0 Å². The molecule has 0 radical (unpaired) electrons. The fourth-order valence-electron chi connectivity index (χ4n) is 2.79. The molecule has 122 valence electrons. The lowest BCUT2D eigenvalue weighted by Gasteiger charge is -2.34. The van der Waals surface area contributed by atoms with E-state index in [-0.39, 0.29) is 10.2 Å². The molecule has 1 saturated carbocycles. The fourth-order valence-corrected chi connectivity index (χ4v) is 3.70. The van der Waals surface area contributed by atoms with Crippen LogP contribution in [0.3, 0.4) is 0 Å². The van der Waals surface area contributed by atoms with Crippen LogP contribution in [-0.4, -0.2) is 15.2 Å². The van der Waals surface area contributed by atoms with E-state index in [9.17, 15) is 4.21 Å². The van der Waals surface area contributed by atoms with Crippen LogP contribution in [0, 0.1) is 0 Å². The van der Waals surface area contributed by atoms with Gasteiger partial charge in [-0.1, -0.05) is 48.5 Å². The van der Waals surface area contributed by atoms with Crippen molar-refractivity contribution in [3.63, 3.8) is 0 Å². The zero-order chi connectivity index (χ0) is 16.4. The minimum absolute atomic E-state index is 0.173. The van der Waals surface area contributed by atoms with Crippen molar-refractivity contribution in [1.29, 1.82) is 0 Å². The Kier molecular flexibility index (Phi) is 5.73. The lowest BCUT2D eigenvalue weighted by molar-refractivity contribution is 0.387. The summed E-state index contributed by atoms with van der Waals surface area (Å²) in [6, 6.07) is 5.79. The predicted molar refractivity (Wildman–Crippen MR) is 97.6 cm³/mol. The van der Waals surface area contributed by atoms with Gasteiger partial charge >= 0.3 is 0 Å². The van der Waals surface area contributed by atoms with Gasteiger partial charge in [-0.3, -0.25) is 0 Å². The van der Waals surface area contributed by atoms with E-state index in [1.807, 2.05) is 45.2 Å². The maximum absolute atomic E-state index is 12.3. The molecule has 1 atom stereocenters. The zero-order valence-electron chi connectivity index (χ0n) is 13.4. The van der Waals surface area contributed by atoms with Crippen LogP contribution in [0.15, 0.2) is 22.6 Å². The third-order valence-electron chi connectivity index (χ3n) is 4.16. The van der Waals surface area contributed by atoms with E-state index in [0.29, 0.717) is 10.0 Å². The van der Waals surface area contributed by atoms with Gasteiger partial charge in [0.25, 0.3) is 0 Å². The Morgan fingerprint density at radius 1 is 1.14 bits per heavy atom. The Balaban J connectivity index is 2.38. The van der Waals surface area contributed by atoms with Crippen LogP contribution in [-0.2, 0) is 16.4 Å². The predicted octanol–water partition coefficient (Wildman–Crippen LogP) is 5.73. The summed E-state index contributed by atoms with van der Waals surface area (Å²) in [5, 5.41) is 1.13. The molecule has 0 bridgehead atoms. The van der Waals surface area contributed by atoms with Crippen molar-refractivity contribution in [2.24, 2.45) is 4.40 Å². The van der Waals surface area contributed by atoms with Crippen LogP contribution >= 0.6 is 23.2 Å². The highest BCUT2D eigenvalue weighted by Crippen LogP contribution is 2.40. The summed E-state index contributed by atoms with van der Waals surface area (Å²) in [6.07, 6.45) is 7.46. The Bertz CT molecular complexity index is 587. The Labute approximate surface area is 145 Å². The lowest BCUT2D eigenvalue weighted by atomic mass is 9.70. The van der Waals surface area contributed by atoms with E-state index in [1.165, 1.54) is 6.42 Å². The molecule has 0 heterocycles. The molecule has 0 spiro atoms. The van der Waals surface area contributed by atoms with Gasteiger partial charge in [0.2, 0.25) is 0 Å². The van der Waals surface area contributed by atoms with Crippen molar-refractivity contribution in [1.82, 2.24) is 0 Å². The first-order chi connectivity index (χ1) is 10.2. The lowest BCUT2D eigenvalue weighted by Crippen LogP contribution is -2.32. The summed E-state index contributed by atoms with van der Waals surface area (Å²) in [5.41, 5.74) is 0.948. The first-order valence-electron chi connectivity index (χ1n) is 7.67. The molecule has 2 nitrogen and oxygen atoms in total. The van der Waals surface area contributed by atoms with Crippen molar-refractivity contribution >= 4 is 40.4 Å². The van der Waals surface area contributed by atoms with Crippen LogP contribution in [0.4, 0.5) is 0 Å². The van der Waals surface area contributed by atoms with Crippen LogP contribution < -0.4 is 0 Å². The zero-order valence-corrected chi connectivity index (χ0v) is 15.7. The summed E-state index contributed by atoms with van der Waals surface area (Å²) in [6.45, 7) is 5.81. The maximum Gasteiger partial charge on any atom is 0.144 e. The monoisotopic (exact) mass is 359 g/mol. The third-order valence-corrected chi connectivity index (χ3v) is 6.24. The van der Waals surface area contributed by atoms with Gasteiger partial charge in [-0.15, -0.1) is 0 Å². The Hall–Kier alpha value is -0.380. The molecule has 0 saturated heterocycles. The molecule has 1 unspecified atom stereocenters. The first kappa shape index (κ1) is 18.0. The van der Waals surface area contributed by atoms with Crippen LogP contribution in [0.5, 0.6) is 0 Å². The smallest absolute Gasteiger partial charge is 0.144 e. The molecule has 1 aromatic rings.